The Kier molecular flexibility index (Phi) is 8.29. The molecule has 0 saturated heterocycles. The van der Waals surface area contributed by atoms with E-state index in [0.717, 1.165) is 0 Å². The second kappa shape index (κ2) is 11.6. The van der Waals surface area contributed by atoms with Crippen LogP contribution in [0.3, 0.4) is 0 Å². The average molecular weight is 479 g/mol. The molecule has 0 aliphatic heterocycles. The van der Waals surface area contributed by atoms with E-state index in [1.807, 2.05) is 0 Å². The molecule has 9 nitrogen and oxygen atoms in total. The zero-order valence-electron chi connectivity index (χ0n) is 19.8. The van der Waals surface area contributed by atoms with Crippen LogP contribution in [0, 0.1) is 0 Å². The maximum Gasteiger partial charge on any atom is 0.308 e. The summed E-state index contributed by atoms with van der Waals surface area (Å²) in [5, 5.41) is 5.64. The molecule has 3 rings (SSSR count). The Bertz CT molecular complexity index is 1160. The summed E-state index contributed by atoms with van der Waals surface area (Å²) in [6.07, 6.45) is -0.981. The van der Waals surface area contributed by atoms with Crippen molar-refractivity contribution in [2.24, 2.45) is 0 Å². The minimum Gasteiger partial charge on any atom is -0.496 e. The Hall–Kier alpha value is -4.53. The SMILES string of the molecule is COc1cc(C(NC(=O)c2ccccc2OC)NC(=O)c2ccccc2OC)ccc1OC(C)=O. The number of carbonyl (C=O) groups excluding carboxylic acids is 3. The summed E-state index contributed by atoms with van der Waals surface area (Å²) in [5.74, 6) is -0.256. The van der Waals surface area contributed by atoms with E-state index in [2.05, 4.69) is 10.6 Å². The molecule has 3 aromatic carbocycles. The van der Waals surface area contributed by atoms with Crippen molar-refractivity contribution in [1.82, 2.24) is 10.6 Å². The normalized spacial score (nSPS) is 10.3. The fourth-order valence-electron chi connectivity index (χ4n) is 3.39. The molecule has 0 aliphatic carbocycles. The van der Waals surface area contributed by atoms with Crippen LogP contribution in [-0.2, 0) is 4.79 Å². The Balaban J connectivity index is 1.99. The molecule has 2 N–H and O–H groups in total. The van der Waals surface area contributed by atoms with Crippen molar-refractivity contribution < 1.29 is 33.3 Å². The first-order valence-electron chi connectivity index (χ1n) is 10.6. The van der Waals surface area contributed by atoms with Gasteiger partial charge in [0.15, 0.2) is 11.5 Å². The van der Waals surface area contributed by atoms with E-state index in [4.69, 9.17) is 18.9 Å². The van der Waals surface area contributed by atoms with Crippen LogP contribution in [-0.4, -0.2) is 39.1 Å². The fraction of sp³-hybridized carbons (Fsp3) is 0.192. The molecule has 2 amide bonds. The third-order valence-corrected chi connectivity index (χ3v) is 5.03. The Morgan fingerprint density at radius 2 is 1.14 bits per heavy atom. The predicted molar refractivity (Wildman–Crippen MR) is 128 cm³/mol. The molecular formula is C26H26N2O7. The summed E-state index contributed by atoms with van der Waals surface area (Å²) >= 11 is 0. The van der Waals surface area contributed by atoms with Gasteiger partial charge in [0.25, 0.3) is 11.8 Å². The zero-order valence-corrected chi connectivity index (χ0v) is 19.8. The van der Waals surface area contributed by atoms with Crippen molar-refractivity contribution in [1.29, 1.82) is 0 Å². The molecule has 3 aromatic rings. The predicted octanol–water partition coefficient (Wildman–Crippen LogP) is 3.50. The lowest BCUT2D eigenvalue weighted by Crippen LogP contribution is -2.41. The second-order valence-corrected chi connectivity index (χ2v) is 7.28. The van der Waals surface area contributed by atoms with Gasteiger partial charge in [-0.25, -0.2) is 0 Å². The van der Waals surface area contributed by atoms with E-state index < -0.39 is 23.9 Å². The van der Waals surface area contributed by atoms with Gasteiger partial charge in [0, 0.05) is 6.92 Å². The molecule has 0 saturated carbocycles. The quantitative estimate of drug-likeness (QED) is 0.275. The lowest BCUT2D eigenvalue weighted by molar-refractivity contribution is -0.132. The first kappa shape index (κ1) is 25.1. The van der Waals surface area contributed by atoms with Crippen molar-refractivity contribution in [3.05, 3.63) is 83.4 Å². The van der Waals surface area contributed by atoms with Crippen LogP contribution in [0.5, 0.6) is 23.0 Å². The van der Waals surface area contributed by atoms with Crippen molar-refractivity contribution >= 4 is 17.8 Å². The van der Waals surface area contributed by atoms with Crippen LogP contribution in [0.25, 0.3) is 0 Å². The second-order valence-electron chi connectivity index (χ2n) is 7.28. The molecule has 0 bridgehead atoms. The minimum absolute atomic E-state index is 0.203. The molecule has 0 unspecified atom stereocenters. The Morgan fingerprint density at radius 3 is 1.60 bits per heavy atom. The van der Waals surface area contributed by atoms with Crippen LogP contribution in [0.4, 0.5) is 0 Å². The first-order chi connectivity index (χ1) is 16.9. The van der Waals surface area contributed by atoms with E-state index in [1.165, 1.54) is 34.3 Å². The Labute approximate surface area is 203 Å². The van der Waals surface area contributed by atoms with Gasteiger partial charge in [0.2, 0.25) is 0 Å². The Morgan fingerprint density at radius 1 is 0.657 bits per heavy atom. The lowest BCUT2D eigenvalue weighted by Gasteiger charge is -2.23. The number of hydrogen-bond acceptors (Lipinski definition) is 7. The van der Waals surface area contributed by atoms with Gasteiger partial charge in [0.1, 0.15) is 17.7 Å². The molecule has 0 aliphatic rings. The summed E-state index contributed by atoms with van der Waals surface area (Å²) < 4.78 is 21.1. The highest BCUT2D eigenvalue weighted by Gasteiger charge is 2.23. The number of para-hydroxylation sites is 2. The monoisotopic (exact) mass is 478 g/mol. The van der Waals surface area contributed by atoms with Gasteiger partial charge in [-0.2, -0.15) is 0 Å². The van der Waals surface area contributed by atoms with Crippen molar-refractivity contribution in [3.8, 4) is 23.0 Å². The van der Waals surface area contributed by atoms with Gasteiger partial charge in [-0.15, -0.1) is 0 Å². The number of methoxy groups -OCH3 is 3. The molecule has 0 radical (unpaired) electrons. The topological polar surface area (TPSA) is 112 Å². The number of benzene rings is 3. The number of rotatable bonds is 9. The van der Waals surface area contributed by atoms with E-state index in [1.54, 1.807) is 60.7 Å². The van der Waals surface area contributed by atoms with Crippen LogP contribution < -0.4 is 29.6 Å². The number of ether oxygens (including phenoxy) is 4. The van der Waals surface area contributed by atoms with Crippen molar-refractivity contribution in [2.45, 2.75) is 13.1 Å². The summed E-state index contributed by atoms with van der Waals surface area (Å²) in [5.41, 5.74) is 1.05. The summed E-state index contributed by atoms with van der Waals surface area (Å²) in [4.78, 5) is 37.7. The highest BCUT2D eigenvalue weighted by molar-refractivity contribution is 5.99. The van der Waals surface area contributed by atoms with Gasteiger partial charge in [-0.1, -0.05) is 30.3 Å². The number of carbonyl (C=O) groups is 3. The van der Waals surface area contributed by atoms with Crippen LogP contribution >= 0.6 is 0 Å². The van der Waals surface area contributed by atoms with E-state index in [9.17, 15) is 14.4 Å². The largest absolute Gasteiger partial charge is 0.496 e. The summed E-state index contributed by atoms with van der Waals surface area (Å²) in [6, 6.07) is 18.1. The number of hydrogen-bond donors (Lipinski definition) is 2. The molecule has 0 spiro atoms. The standard InChI is InChI=1S/C26H26N2O7/c1-16(29)35-22-14-13-17(15-23(22)34-4)24(27-25(30)18-9-5-7-11-20(18)32-2)28-26(31)19-10-6-8-12-21(19)33-3/h5-15,24H,1-4H3,(H,27,30)(H,28,31). The summed E-state index contributed by atoms with van der Waals surface area (Å²) in [6.45, 7) is 1.27. The maximum absolute atomic E-state index is 13.1. The molecule has 35 heavy (non-hydrogen) atoms. The molecule has 0 heterocycles. The third-order valence-electron chi connectivity index (χ3n) is 5.03. The maximum atomic E-state index is 13.1. The van der Waals surface area contributed by atoms with Crippen LogP contribution in [0.2, 0.25) is 0 Å². The fourth-order valence-corrected chi connectivity index (χ4v) is 3.39. The van der Waals surface area contributed by atoms with Gasteiger partial charge in [0.05, 0.1) is 32.5 Å². The van der Waals surface area contributed by atoms with Crippen molar-refractivity contribution in [2.75, 3.05) is 21.3 Å². The lowest BCUT2D eigenvalue weighted by atomic mass is 10.1. The van der Waals surface area contributed by atoms with E-state index in [-0.39, 0.29) is 22.6 Å². The molecule has 0 atom stereocenters. The average Bonchev–Trinajstić information content (AvgIpc) is 2.87. The van der Waals surface area contributed by atoms with Crippen LogP contribution in [0.1, 0.15) is 39.4 Å². The third kappa shape index (κ3) is 6.08. The van der Waals surface area contributed by atoms with Gasteiger partial charge in [-0.3, -0.25) is 14.4 Å². The smallest absolute Gasteiger partial charge is 0.308 e. The highest BCUT2D eigenvalue weighted by Crippen LogP contribution is 2.31. The van der Waals surface area contributed by atoms with Gasteiger partial charge in [-0.05, 0) is 42.0 Å². The molecular weight excluding hydrogens is 452 g/mol. The zero-order chi connectivity index (χ0) is 25.4. The first-order valence-corrected chi connectivity index (χ1v) is 10.6. The number of esters is 1. The number of nitrogens with one attached hydrogen (secondary N) is 2. The molecule has 182 valence electrons. The molecule has 0 aromatic heterocycles. The van der Waals surface area contributed by atoms with Crippen LogP contribution in [0.15, 0.2) is 66.7 Å². The van der Waals surface area contributed by atoms with Crippen molar-refractivity contribution in [3.63, 3.8) is 0 Å². The molecule has 0 fully saturated rings. The van der Waals surface area contributed by atoms with E-state index >= 15 is 0 Å². The summed E-state index contributed by atoms with van der Waals surface area (Å²) in [7, 11) is 4.35. The van der Waals surface area contributed by atoms with Gasteiger partial charge < -0.3 is 29.6 Å². The number of amides is 2. The van der Waals surface area contributed by atoms with E-state index in [0.29, 0.717) is 17.1 Å². The molecule has 9 heteroatoms. The minimum atomic E-state index is -0.981. The highest BCUT2D eigenvalue weighted by atomic mass is 16.6. The van der Waals surface area contributed by atoms with Gasteiger partial charge >= 0.3 is 5.97 Å².